The predicted molar refractivity (Wildman–Crippen MR) is 98.2 cm³/mol. The molecule has 1 amide bonds. The van der Waals surface area contributed by atoms with Gasteiger partial charge in [0.25, 0.3) is 0 Å². The molecule has 2 rings (SSSR count). The van der Waals surface area contributed by atoms with E-state index >= 15 is 0 Å². The number of anilines is 1. The molecule has 0 radical (unpaired) electrons. The molecule has 0 saturated heterocycles. The summed E-state index contributed by atoms with van der Waals surface area (Å²) in [6.07, 6.45) is 3.15. The quantitative estimate of drug-likeness (QED) is 0.791. The molecule has 0 unspecified atom stereocenters. The van der Waals surface area contributed by atoms with Crippen LogP contribution in [-0.4, -0.2) is 26.0 Å². The third-order valence-electron chi connectivity index (χ3n) is 3.32. The summed E-state index contributed by atoms with van der Waals surface area (Å²) in [5, 5.41) is 3.94. The summed E-state index contributed by atoms with van der Waals surface area (Å²) >= 11 is 11.9. The van der Waals surface area contributed by atoms with Gasteiger partial charge in [-0.15, -0.1) is 0 Å². The van der Waals surface area contributed by atoms with E-state index in [-0.39, 0.29) is 5.91 Å². The van der Waals surface area contributed by atoms with Crippen LogP contribution in [0.3, 0.4) is 0 Å². The smallest absolute Gasteiger partial charge is 0.244 e. The van der Waals surface area contributed by atoms with Crippen LogP contribution in [0.4, 0.5) is 5.69 Å². The number of nitrogens with one attached hydrogen (secondary N) is 1. The van der Waals surface area contributed by atoms with Crippen molar-refractivity contribution in [3.63, 3.8) is 0 Å². The number of benzene rings is 2. The molecule has 2 aromatic carbocycles. The summed E-state index contributed by atoms with van der Waals surface area (Å²) in [6.45, 7) is 1.29. The number of carbonyl (C=O) groups excluding carboxylic acids is 1. The lowest BCUT2D eigenvalue weighted by molar-refractivity contribution is -0.116. The van der Waals surface area contributed by atoms with Gasteiger partial charge in [-0.2, -0.15) is 0 Å². The van der Waals surface area contributed by atoms with E-state index in [1.165, 1.54) is 6.08 Å². The SMILES string of the molecule is CN(CCNC(=O)/C=C/c1ccc(Cl)cc1Cl)c1ccccc1. The molecule has 5 heteroatoms. The lowest BCUT2D eigenvalue weighted by Gasteiger charge is -2.19. The van der Waals surface area contributed by atoms with Crippen LogP contribution in [0.25, 0.3) is 6.08 Å². The van der Waals surface area contributed by atoms with Crippen molar-refractivity contribution in [2.24, 2.45) is 0 Å². The van der Waals surface area contributed by atoms with E-state index in [4.69, 9.17) is 23.2 Å². The summed E-state index contributed by atoms with van der Waals surface area (Å²) in [5.41, 5.74) is 1.87. The topological polar surface area (TPSA) is 32.3 Å². The van der Waals surface area contributed by atoms with Gasteiger partial charge in [-0.05, 0) is 35.9 Å². The van der Waals surface area contributed by atoms with Crippen LogP contribution in [0.5, 0.6) is 0 Å². The first-order chi connectivity index (χ1) is 11.1. The van der Waals surface area contributed by atoms with Crippen LogP contribution in [0.1, 0.15) is 5.56 Å². The lowest BCUT2D eigenvalue weighted by atomic mass is 10.2. The fraction of sp³-hybridized carbons (Fsp3) is 0.167. The summed E-state index contributed by atoms with van der Waals surface area (Å²) in [6, 6.07) is 15.2. The number of para-hydroxylation sites is 1. The summed E-state index contributed by atoms with van der Waals surface area (Å²) < 4.78 is 0. The van der Waals surface area contributed by atoms with E-state index in [0.29, 0.717) is 16.6 Å². The van der Waals surface area contributed by atoms with E-state index in [0.717, 1.165) is 17.8 Å². The normalized spacial score (nSPS) is 10.7. The zero-order chi connectivity index (χ0) is 16.7. The van der Waals surface area contributed by atoms with E-state index in [1.807, 2.05) is 37.4 Å². The molecule has 0 heterocycles. The molecule has 0 saturated carbocycles. The van der Waals surface area contributed by atoms with Gasteiger partial charge in [0.1, 0.15) is 0 Å². The molecule has 0 aromatic heterocycles. The molecule has 0 bridgehead atoms. The van der Waals surface area contributed by atoms with Gasteiger partial charge in [-0.25, -0.2) is 0 Å². The van der Waals surface area contributed by atoms with E-state index in [9.17, 15) is 4.79 Å². The zero-order valence-corrected chi connectivity index (χ0v) is 14.3. The van der Waals surface area contributed by atoms with Crippen LogP contribution in [0, 0.1) is 0 Å². The molecular formula is C18H18Cl2N2O. The minimum atomic E-state index is -0.155. The van der Waals surface area contributed by atoms with Crippen LogP contribution in [-0.2, 0) is 4.79 Å². The first-order valence-electron chi connectivity index (χ1n) is 7.23. The number of rotatable bonds is 6. The number of halogens is 2. The molecule has 0 fully saturated rings. The number of amides is 1. The predicted octanol–water partition coefficient (Wildman–Crippen LogP) is 4.26. The lowest BCUT2D eigenvalue weighted by Crippen LogP contribution is -2.31. The number of nitrogens with zero attached hydrogens (tertiary/aromatic N) is 1. The Morgan fingerprint density at radius 2 is 1.91 bits per heavy atom. The molecule has 3 nitrogen and oxygen atoms in total. The van der Waals surface area contributed by atoms with Gasteiger partial charge in [0, 0.05) is 41.9 Å². The average Bonchev–Trinajstić information content (AvgIpc) is 2.54. The van der Waals surface area contributed by atoms with Gasteiger partial charge in [0.2, 0.25) is 5.91 Å². The zero-order valence-electron chi connectivity index (χ0n) is 12.8. The van der Waals surface area contributed by atoms with Crippen molar-refractivity contribution < 1.29 is 4.79 Å². The minimum Gasteiger partial charge on any atom is -0.373 e. The Morgan fingerprint density at radius 1 is 1.17 bits per heavy atom. The monoisotopic (exact) mass is 348 g/mol. The highest BCUT2D eigenvalue weighted by atomic mass is 35.5. The van der Waals surface area contributed by atoms with Crippen molar-refractivity contribution in [3.05, 3.63) is 70.2 Å². The van der Waals surface area contributed by atoms with Crippen molar-refractivity contribution in [3.8, 4) is 0 Å². The van der Waals surface area contributed by atoms with E-state index in [2.05, 4.69) is 10.2 Å². The van der Waals surface area contributed by atoms with Gasteiger partial charge in [-0.1, -0.05) is 47.5 Å². The number of carbonyl (C=O) groups is 1. The Morgan fingerprint density at radius 3 is 2.61 bits per heavy atom. The maximum atomic E-state index is 11.8. The van der Waals surface area contributed by atoms with Gasteiger partial charge in [0.15, 0.2) is 0 Å². The number of hydrogen-bond donors (Lipinski definition) is 1. The Kier molecular flexibility index (Phi) is 6.51. The second kappa shape index (κ2) is 8.61. The molecule has 0 aliphatic heterocycles. The molecule has 120 valence electrons. The average molecular weight is 349 g/mol. The first kappa shape index (κ1) is 17.4. The fourth-order valence-corrected chi connectivity index (χ4v) is 2.49. The second-order valence-corrected chi connectivity index (χ2v) is 5.89. The fourth-order valence-electron chi connectivity index (χ4n) is 2.02. The molecule has 0 spiro atoms. The standard InChI is InChI=1S/C18H18Cl2N2O/c1-22(16-5-3-2-4-6-16)12-11-21-18(23)10-8-14-7-9-15(19)13-17(14)20/h2-10,13H,11-12H2,1H3,(H,21,23)/b10-8+. The molecule has 23 heavy (non-hydrogen) atoms. The van der Waals surface area contributed by atoms with Crippen LogP contribution >= 0.6 is 23.2 Å². The van der Waals surface area contributed by atoms with Gasteiger partial charge < -0.3 is 10.2 Å². The minimum absolute atomic E-state index is 0.155. The summed E-state index contributed by atoms with van der Waals surface area (Å²) in [5.74, 6) is -0.155. The molecule has 0 aliphatic carbocycles. The van der Waals surface area contributed by atoms with Gasteiger partial charge in [-0.3, -0.25) is 4.79 Å². The van der Waals surface area contributed by atoms with Crippen molar-refractivity contribution in [2.75, 3.05) is 25.0 Å². The third kappa shape index (κ3) is 5.62. The Labute approximate surface area is 146 Å². The van der Waals surface area contributed by atoms with E-state index < -0.39 is 0 Å². The number of hydrogen-bond acceptors (Lipinski definition) is 2. The van der Waals surface area contributed by atoms with Crippen molar-refractivity contribution in [2.45, 2.75) is 0 Å². The third-order valence-corrected chi connectivity index (χ3v) is 3.88. The molecule has 1 N–H and O–H groups in total. The Balaban J connectivity index is 1.80. The van der Waals surface area contributed by atoms with Crippen LogP contribution in [0.2, 0.25) is 10.0 Å². The van der Waals surface area contributed by atoms with Crippen molar-refractivity contribution in [1.29, 1.82) is 0 Å². The van der Waals surface area contributed by atoms with Crippen molar-refractivity contribution >= 4 is 40.9 Å². The molecule has 0 atom stereocenters. The number of likely N-dealkylation sites (N-methyl/N-ethyl adjacent to an activating group) is 1. The first-order valence-corrected chi connectivity index (χ1v) is 7.99. The van der Waals surface area contributed by atoms with Crippen LogP contribution in [0.15, 0.2) is 54.6 Å². The Hall–Kier alpha value is -1.97. The van der Waals surface area contributed by atoms with Gasteiger partial charge in [0.05, 0.1) is 0 Å². The molecule has 2 aromatic rings. The van der Waals surface area contributed by atoms with Crippen molar-refractivity contribution in [1.82, 2.24) is 5.32 Å². The highest BCUT2D eigenvalue weighted by Gasteiger charge is 2.02. The van der Waals surface area contributed by atoms with E-state index in [1.54, 1.807) is 24.3 Å². The highest BCUT2D eigenvalue weighted by Crippen LogP contribution is 2.21. The maximum absolute atomic E-state index is 11.8. The van der Waals surface area contributed by atoms with Crippen LogP contribution < -0.4 is 10.2 Å². The highest BCUT2D eigenvalue weighted by molar-refractivity contribution is 6.35. The maximum Gasteiger partial charge on any atom is 0.244 e. The molecular weight excluding hydrogens is 331 g/mol. The second-order valence-electron chi connectivity index (χ2n) is 5.05. The van der Waals surface area contributed by atoms with Gasteiger partial charge >= 0.3 is 0 Å². The Bertz CT molecular complexity index is 687. The molecule has 0 aliphatic rings. The summed E-state index contributed by atoms with van der Waals surface area (Å²) in [7, 11) is 1.99. The largest absolute Gasteiger partial charge is 0.373 e. The summed E-state index contributed by atoms with van der Waals surface area (Å²) in [4.78, 5) is 13.9.